The van der Waals surface area contributed by atoms with Crippen LogP contribution in [0.5, 0.6) is 0 Å². The van der Waals surface area contributed by atoms with Crippen molar-refractivity contribution in [3.8, 4) is 0 Å². The number of hydrogen-bond acceptors (Lipinski definition) is 3. The van der Waals surface area contributed by atoms with Gasteiger partial charge in [-0.3, -0.25) is 4.98 Å². The molecule has 0 aliphatic heterocycles. The zero-order valence-electron chi connectivity index (χ0n) is 9.39. The normalized spacial score (nSPS) is 12.6. The van der Waals surface area contributed by atoms with Crippen LogP contribution in [0.15, 0.2) is 41.4 Å². The summed E-state index contributed by atoms with van der Waals surface area (Å²) in [4.78, 5) is 4.02. The molecule has 0 spiro atoms. The Morgan fingerprint density at radius 1 is 1.31 bits per heavy atom. The molecule has 0 bridgehead atoms. The monoisotopic (exact) mass is 232 g/mol. The molecule has 1 N–H and O–H groups in total. The van der Waals surface area contributed by atoms with E-state index in [2.05, 4.69) is 46.2 Å². The summed E-state index contributed by atoms with van der Waals surface area (Å²) in [5, 5.41) is 7.85. The smallest absolute Gasteiger partial charge is 0.0293 e. The first kappa shape index (κ1) is 11.3. The molecule has 2 aromatic heterocycles. The molecule has 0 fully saturated rings. The summed E-state index contributed by atoms with van der Waals surface area (Å²) in [7, 11) is 0. The fraction of sp³-hybridized carbons (Fsp3) is 0.308. The van der Waals surface area contributed by atoms with E-state index >= 15 is 0 Å². The van der Waals surface area contributed by atoms with Gasteiger partial charge in [-0.25, -0.2) is 0 Å². The fourth-order valence-electron chi connectivity index (χ4n) is 1.64. The Hall–Kier alpha value is -1.19. The molecule has 0 saturated carbocycles. The highest BCUT2D eigenvalue weighted by molar-refractivity contribution is 7.07. The van der Waals surface area contributed by atoms with E-state index in [1.807, 2.05) is 12.4 Å². The molecule has 2 rings (SSSR count). The predicted molar refractivity (Wildman–Crippen MR) is 68.7 cm³/mol. The quantitative estimate of drug-likeness (QED) is 0.857. The molecule has 84 valence electrons. The van der Waals surface area contributed by atoms with Gasteiger partial charge in [-0.2, -0.15) is 11.3 Å². The first-order valence-corrected chi connectivity index (χ1v) is 6.45. The Labute approximate surface area is 100 Å². The van der Waals surface area contributed by atoms with Crippen molar-refractivity contribution in [2.45, 2.75) is 19.4 Å². The summed E-state index contributed by atoms with van der Waals surface area (Å²) in [6.45, 7) is 3.20. The number of pyridine rings is 1. The van der Waals surface area contributed by atoms with Crippen LogP contribution in [0.1, 0.15) is 24.1 Å². The van der Waals surface area contributed by atoms with Crippen LogP contribution in [-0.2, 0) is 6.42 Å². The zero-order valence-corrected chi connectivity index (χ0v) is 10.2. The molecule has 1 atom stereocenters. The van der Waals surface area contributed by atoms with E-state index in [1.165, 1.54) is 11.1 Å². The van der Waals surface area contributed by atoms with E-state index in [9.17, 15) is 0 Å². The van der Waals surface area contributed by atoms with Crippen molar-refractivity contribution in [1.29, 1.82) is 0 Å². The zero-order chi connectivity index (χ0) is 11.2. The highest BCUT2D eigenvalue weighted by Gasteiger charge is 2.03. The summed E-state index contributed by atoms with van der Waals surface area (Å²) in [5.74, 6) is 0. The van der Waals surface area contributed by atoms with Crippen LogP contribution in [0.25, 0.3) is 0 Å². The Morgan fingerprint density at radius 3 is 2.81 bits per heavy atom. The van der Waals surface area contributed by atoms with E-state index in [1.54, 1.807) is 11.3 Å². The van der Waals surface area contributed by atoms with Gasteiger partial charge in [0.15, 0.2) is 0 Å². The van der Waals surface area contributed by atoms with Gasteiger partial charge in [0.2, 0.25) is 0 Å². The van der Waals surface area contributed by atoms with Gasteiger partial charge in [0.1, 0.15) is 0 Å². The molecule has 0 aromatic carbocycles. The van der Waals surface area contributed by atoms with Crippen LogP contribution in [0.3, 0.4) is 0 Å². The molecule has 0 saturated heterocycles. The SMILES string of the molecule is C[C@@H](NCCc1ccsc1)c1ccncc1. The molecule has 2 nitrogen and oxygen atoms in total. The lowest BCUT2D eigenvalue weighted by Gasteiger charge is -2.13. The summed E-state index contributed by atoms with van der Waals surface area (Å²) in [6, 6.07) is 6.69. The minimum Gasteiger partial charge on any atom is -0.310 e. The molecule has 2 aromatic rings. The third-order valence-corrected chi connectivity index (χ3v) is 3.38. The minimum absolute atomic E-state index is 0.390. The number of thiophene rings is 1. The van der Waals surface area contributed by atoms with Crippen molar-refractivity contribution in [3.05, 3.63) is 52.5 Å². The molecule has 3 heteroatoms. The molecule has 0 aliphatic rings. The number of hydrogen-bond donors (Lipinski definition) is 1. The lowest BCUT2D eigenvalue weighted by Crippen LogP contribution is -2.21. The molecule has 2 heterocycles. The van der Waals surface area contributed by atoms with Crippen LogP contribution in [0.2, 0.25) is 0 Å². The maximum atomic E-state index is 4.02. The van der Waals surface area contributed by atoms with E-state index in [0.717, 1.165) is 13.0 Å². The van der Waals surface area contributed by atoms with Crippen molar-refractivity contribution in [1.82, 2.24) is 10.3 Å². The largest absolute Gasteiger partial charge is 0.310 e. The average molecular weight is 232 g/mol. The van der Waals surface area contributed by atoms with Gasteiger partial charge in [-0.1, -0.05) is 0 Å². The summed E-state index contributed by atoms with van der Waals surface area (Å²) < 4.78 is 0. The first-order valence-electron chi connectivity index (χ1n) is 5.50. The minimum atomic E-state index is 0.390. The standard InChI is InChI=1S/C13H16N2S/c1-11(13-3-6-14-7-4-13)15-8-2-12-5-9-16-10-12/h3-7,9-11,15H,2,8H2,1H3/t11-/m1/s1. The summed E-state index contributed by atoms with van der Waals surface area (Å²) in [6.07, 6.45) is 4.78. The summed E-state index contributed by atoms with van der Waals surface area (Å²) in [5.41, 5.74) is 2.71. The lowest BCUT2D eigenvalue weighted by atomic mass is 10.1. The van der Waals surface area contributed by atoms with Crippen LogP contribution < -0.4 is 5.32 Å². The van der Waals surface area contributed by atoms with E-state index < -0.39 is 0 Å². The molecule has 0 radical (unpaired) electrons. The number of rotatable bonds is 5. The van der Waals surface area contributed by atoms with E-state index in [-0.39, 0.29) is 0 Å². The van der Waals surface area contributed by atoms with E-state index in [4.69, 9.17) is 0 Å². The molecular weight excluding hydrogens is 216 g/mol. The molecule has 0 aliphatic carbocycles. The van der Waals surface area contributed by atoms with Crippen LogP contribution in [0, 0.1) is 0 Å². The van der Waals surface area contributed by atoms with Crippen LogP contribution in [-0.4, -0.2) is 11.5 Å². The predicted octanol–water partition coefficient (Wildman–Crippen LogP) is 3.04. The maximum absolute atomic E-state index is 4.02. The highest BCUT2D eigenvalue weighted by atomic mass is 32.1. The first-order chi connectivity index (χ1) is 7.86. The molecule has 16 heavy (non-hydrogen) atoms. The molecular formula is C13H16N2S. The van der Waals surface area contributed by atoms with Gasteiger partial charge in [0, 0.05) is 18.4 Å². The van der Waals surface area contributed by atoms with Gasteiger partial charge in [0.05, 0.1) is 0 Å². The van der Waals surface area contributed by atoms with Gasteiger partial charge in [-0.15, -0.1) is 0 Å². The average Bonchev–Trinajstić information content (AvgIpc) is 2.83. The second kappa shape index (κ2) is 5.77. The third-order valence-electron chi connectivity index (χ3n) is 2.65. The number of aromatic nitrogens is 1. The second-order valence-electron chi connectivity index (χ2n) is 3.84. The van der Waals surface area contributed by atoms with Gasteiger partial charge < -0.3 is 5.32 Å². The summed E-state index contributed by atoms with van der Waals surface area (Å²) >= 11 is 1.76. The van der Waals surface area contributed by atoms with Crippen molar-refractivity contribution in [2.75, 3.05) is 6.54 Å². The van der Waals surface area contributed by atoms with Gasteiger partial charge in [-0.05, 0) is 60.0 Å². The Balaban J connectivity index is 1.78. The number of nitrogens with one attached hydrogen (secondary N) is 1. The van der Waals surface area contributed by atoms with Gasteiger partial charge in [0.25, 0.3) is 0 Å². The van der Waals surface area contributed by atoms with Crippen molar-refractivity contribution in [3.63, 3.8) is 0 Å². The second-order valence-corrected chi connectivity index (χ2v) is 4.62. The maximum Gasteiger partial charge on any atom is 0.0293 e. The van der Waals surface area contributed by atoms with Crippen LogP contribution in [0.4, 0.5) is 0 Å². The number of nitrogens with zero attached hydrogens (tertiary/aromatic N) is 1. The Morgan fingerprint density at radius 2 is 2.12 bits per heavy atom. The molecule has 0 unspecified atom stereocenters. The van der Waals surface area contributed by atoms with Crippen LogP contribution >= 0.6 is 11.3 Å². The van der Waals surface area contributed by atoms with Crippen molar-refractivity contribution < 1.29 is 0 Å². The van der Waals surface area contributed by atoms with E-state index in [0.29, 0.717) is 6.04 Å². The Kier molecular flexibility index (Phi) is 4.08. The topological polar surface area (TPSA) is 24.9 Å². The van der Waals surface area contributed by atoms with Crippen molar-refractivity contribution in [2.24, 2.45) is 0 Å². The molecule has 0 amide bonds. The third kappa shape index (κ3) is 3.15. The van der Waals surface area contributed by atoms with Crippen molar-refractivity contribution >= 4 is 11.3 Å². The highest BCUT2D eigenvalue weighted by Crippen LogP contribution is 2.11. The fourth-order valence-corrected chi connectivity index (χ4v) is 2.34. The lowest BCUT2D eigenvalue weighted by molar-refractivity contribution is 0.576. The van der Waals surface area contributed by atoms with Gasteiger partial charge >= 0.3 is 0 Å². The Bertz CT molecular complexity index is 397.